The highest BCUT2D eigenvalue weighted by Gasteiger charge is 2.28. The van der Waals surface area contributed by atoms with E-state index in [1.165, 1.54) is 12.1 Å². The number of carboxylic acid groups (broad SMARTS) is 1. The summed E-state index contributed by atoms with van der Waals surface area (Å²) in [6.07, 6.45) is 0.00403. The maximum atomic E-state index is 12.5. The lowest BCUT2D eigenvalue weighted by Gasteiger charge is -2.06. The van der Waals surface area contributed by atoms with E-state index < -0.39 is 26.8 Å². The van der Waals surface area contributed by atoms with Gasteiger partial charge in [-0.2, -0.15) is 0 Å². The molecule has 0 bridgehead atoms. The van der Waals surface area contributed by atoms with Crippen LogP contribution < -0.4 is 4.74 Å². The third-order valence-corrected chi connectivity index (χ3v) is 4.75. The minimum absolute atomic E-state index is 0.00501. The third-order valence-electron chi connectivity index (χ3n) is 3.10. The Balaban J connectivity index is 1.86. The summed E-state index contributed by atoms with van der Waals surface area (Å²) in [4.78, 5) is 21.7. The van der Waals surface area contributed by atoms with Crippen molar-refractivity contribution in [1.82, 2.24) is 10.3 Å². The van der Waals surface area contributed by atoms with Gasteiger partial charge in [-0.25, -0.2) is 13.0 Å². The number of hydrogen-bond acceptors (Lipinski definition) is 9. The van der Waals surface area contributed by atoms with E-state index in [0.29, 0.717) is 0 Å². The fourth-order valence-electron chi connectivity index (χ4n) is 1.89. The summed E-state index contributed by atoms with van der Waals surface area (Å²) in [5, 5.41) is 14.8. The molecule has 0 saturated carbocycles. The topological polar surface area (TPSA) is 146 Å². The van der Waals surface area contributed by atoms with E-state index in [-0.39, 0.29) is 43.3 Å². The predicted molar refractivity (Wildman–Crippen MR) is 84.1 cm³/mol. The Morgan fingerprint density at radius 3 is 2.50 bits per heavy atom. The van der Waals surface area contributed by atoms with Crippen LogP contribution in [0.2, 0.25) is 0 Å². The summed E-state index contributed by atoms with van der Waals surface area (Å²) < 4.78 is 39.4. The van der Waals surface area contributed by atoms with Gasteiger partial charge < -0.3 is 14.6 Å². The van der Waals surface area contributed by atoms with Gasteiger partial charge in [-0.3, -0.25) is 9.59 Å². The second-order valence-electron chi connectivity index (χ2n) is 5.01. The van der Waals surface area contributed by atoms with Crippen LogP contribution in [0, 0.1) is 0 Å². The van der Waals surface area contributed by atoms with E-state index in [1.807, 2.05) is 0 Å². The summed E-state index contributed by atoms with van der Waals surface area (Å²) in [6.45, 7) is -0.334. The Hall–Kier alpha value is -2.95. The molecule has 2 aromatic rings. The second-order valence-corrected chi connectivity index (χ2v) is 6.87. The summed E-state index contributed by atoms with van der Waals surface area (Å²) in [5.41, 5.74) is 0. The van der Waals surface area contributed by atoms with Crippen LogP contribution >= 0.6 is 0 Å². The van der Waals surface area contributed by atoms with Gasteiger partial charge in [0.15, 0.2) is 0 Å². The molecule has 26 heavy (non-hydrogen) atoms. The zero-order valence-electron chi connectivity index (χ0n) is 13.5. The van der Waals surface area contributed by atoms with E-state index in [0.717, 1.165) is 0 Å². The minimum atomic E-state index is -3.96. The first-order valence-electron chi connectivity index (χ1n) is 7.54. The number of carbonyl (C=O) groups is 2. The summed E-state index contributed by atoms with van der Waals surface area (Å²) in [6, 6.07) is 7.58. The number of carbonyl (C=O) groups excluding carboxylic acids is 1. The van der Waals surface area contributed by atoms with Crippen molar-refractivity contribution in [2.24, 2.45) is 0 Å². The van der Waals surface area contributed by atoms with Crippen molar-refractivity contribution in [2.75, 3.05) is 13.2 Å². The third kappa shape index (κ3) is 5.28. The fraction of sp³-hybridized carbons (Fsp3) is 0.333. The quantitative estimate of drug-likeness (QED) is 0.466. The number of aliphatic carboxylic acids is 1. The monoisotopic (exact) mass is 384 g/mol. The second kappa shape index (κ2) is 8.94. The summed E-state index contributed by atoms with van der Waals surface area (Å²) in [7, 11) is -3.96. The van der Waals surface area contributed by atoms with Crippen LogP contribution in [-0.4, -0.2) is 49.0 Å². The number of rotatable bonds is 10. The van der Waals surface area contributed by atoms with E-state index >= 15 is 0 Å². The van der Waals surface area contributed by atoms with Crippen molar-refractivity contribution in [3.8, 4) is 5.88 Å². The van der Waals surface area contributed by atoms with Crippen LogP contribution in [-0.2, 0) is 24.2 Å². The smallest absolute Gasteiger partial charge is 0.305 e. The maximum absolute atomic E-state index is 12.5. The number of sulfone groups is 1. The van der Waals surface area contributed by atoms with Gasteiger partial charge >= 0.3 is 11.9 Å². The zero-order valence-corrected chi connectivity index (χ0v) is 14.3. The highest BCUT2D eigenvalue weighted by molar-refractivity contribution is 7.91. The average Bonchev–Trinajstić information content (AvgIpc) is 3.08. The van der Waals surface area contributed by atoms with Crippen molar-refractivity contribution >= 4 is 21.8 Å². The van der Waals surface area contributed by atoms with Crippen LogP contribution in [0.5, 0.6) is 5.88 Å². The highest BCUT2D eigenvalue weighted by Crippen LogP contribution is 2.25. The van der Waals surface area contributed by atoms with Crippen LogP contribution in [0.1, 0.15) is 19.3 Å². The summed E-state index contributed by atoms with van der Waals surface area (Å²) >= 11 is 0. The maximum Gasteiger partial charge on any atom is 0.305 e. The van der Waals surface area contributed by atoms with Gasteiger partial charge in [-0.1, -0.05) is 18.2 Å². The number of hydrogen-bond donors (Lipinski definition) is 1. The molecule has 0 atom stereocenters. The molecule has 0 aliphatic heterocycles. The van der Waals surface area contributed by atoms with Crippen LogP contribution in [0.15, 0.2) is 44.9 Å². The van der Waals surface area contributed by atoms with Crippen molar-refractivity contribution in [2.45, 2.75) is 29.2 Å². The highest BCUT2D eigenvalue weighted by atomic mass is 32.2. The summed E-state index contributed by atoms with van der Waals surface area (Å²) in [5.74, 6) is -1.91. The van der Waals surface area contributed by atoms with Crippen LogP contribution in [0.4, 0.5) is 0 Å². The molecule has 140 valence electrons. The molecule has 0 aliphatic rings. The van der Waals surface area contributed by atoms with Crippen molar-refractivity contribution in [3.63, 3.8) is 0 Å². The van der Waals surface area contributed by atoms with Crippen LogP contribution in [0.3, 0.4) is 0 Å². The molecule has 11 heteroatoms. The molecule has 0 unspecified atom stereocenters. The van der Waals surface area contributed by atoms with Crippen molar-refractivity contribution < 1.29 is 37.2 Å². The first kappa shape index (κ1) is 19.4. The molecule has 2 rings (SSSR count). The average molecular weight is 384 g/mol. The minimum Gasteiger partial charge on any atom is -0.481 e. The van der Waals surface area contributed by atoms with E-state index in [4.69, 9.17) is 14.6 Å². The number of esters is 1. The van der Waals surface area contributed by atoms with Crippen molar-refractivity contribution in [1.29, 1.82) is 0 Å². The number of benzene rings is 1. The molecule has 1 aromatic heterocycles. The SMILES string of the molecule is O=C(O)CCCC(=O)OCCOc1nonc1S(=O)(=O)c1ccccc1. The fourth-order valence-corrected chi connectivity index (χ4v) is 3.08. The number of ether oxygens (including phenoxy) is 2. The number of aromatic nitrogens is 2. The number of nitrogens with zero attached hydrogens (tertiary/aromatic N) is 2. The Bertz CT molecular complexity index is 848. The zero-order chi connectivity index (χ0) is 19.0. The molecule has 0 amide bonds. The van der Waals surface area contributed by atoms with Gasteiger partial charge in [-0.15, -0.1) is 0 Å². The molecule has 10 nitrogen and oxygen atoms in total. The lowest BCUT2D eigenvalue weighted by Crippen LogP contribution is -2.13. The van der Waals surface area contributed by atoms with Gasteiger partial charge in [0.05, 0.1) is 4.90 Å². The Morgan fingerprint density at radius 2 is 1.81 bits per heavy atom. The first-order chi connectivity index (χ1) is 12.4. The largest absolute Gasteiger partial charge is 0.481 e. The van der Waals surface area contributed by atoms with Crippen LogP contribution in [0.25, 0.3) is 0 Å². The van der Waals surface area contributed by atoms with Crippen molar-refractivity contribution in [3.05, 3.63) is 30.3 Å². The molecule has 1 aromatic carbocycles. The molecule has 0 fully saturated rings. The Morgan fingerprint density at radius 1 is 1.08 bits per heavy atom. The van der Waals surface area contributed by atoms with Gasteiger partial charge in [0.2, 0.25) is 9.84 Å². The lowest BCUT2D eigenvalue weighted by molar-refractivity contribution is -0.144. The van der Waals surface area contributed by atoms with Gasteiger partial charge in [0, 0.05) is 12.8 Å². The predicted octanol–water partition coefficient (Wildman–Crippen LogP) is 1.08. The Labute approximate surface area is 148 Å². The van der Waals surface area contributed by atoms with E-state index in [1.54, 1.807) is 18.2 Å². The molecule has 0 spiro atoms. The molecule has 1 N–H and O–H groups in total. The molecule has 0 aliphatic carbocycles. The van der Waals surface area contributed by atoms with Gasteiger partial charge in [-0.05, 0) is 28.9 Å². The normalized spacial score (nSPS) is 11.1. The molecular weight excluding hydrogens is 368 g/mol. The standard InChI is InChI=1S/C15H16N2O8S/c18-12(19)7-4-8-13(20)23-9-10-24-14-15(17-25-16-14)26(21,22)11-5-2-1-3-6-11/h1-3,5-6H,4,7-10H2,(H,18,19). The molecular formula is C15H16N2O8S. The van der Waals surface area contributed by atoms with E-state index in [9.17, 15) is 18.0 Å². The molecule has 0 radical (unpaired) electrons. The first-order valence-corrected chi connectivity index (χ1v) is 9.02. The Kier molecular flexibility index (Phi) is 6.67. The van der Waals surface area contributed by atoms with Gasteiger partial charge in [0.25, 0.3) is 10.9 Å². The van der Waals surface area contributed by atoms with Gasteiger partial charge in [0.1, 0.15) is 13.2 Å². The molecule has 0 saturated heterocycles. The number of carboxylic acids is 1. The molecule has 1 heterocycles. The lowest BCUT2D eigenvalue weighted by atomic mass is 10.2. The van der Waals surface area contributed by atoms with E-state index in [2.05, 4.69) is 14.9 Å².